The van der Waals surface area contributed by atoms with Crippen LogP contribution >= 0.6 is 0 Å². The van der Waals surface area contributed by atoms with Gasteiger partial charge >= 0.3 is 0 Å². The lowest BCUT2D eigenvalue weighted by atomic mass is 10.3. The van der Waals surface area contributed by atoms with Crippen molar-refractivity contribution in [2.24, 2.45) is 0 Å². The van der Waals surface area contributed by atoms with Gasteiger partial charge in [0.05, 0.1) is 4.90 Å². The van der Waals surface area contributed by atoms with Crippen molar-refractivity contribution < 1.29 is 13.0 Å². The van der Waals surface area contributed by atoms with Gasteiger partial charge in [-0.1, -0.05) is 6.07 Å². The fraction of sp³-hybridized carbons (Fsp3) is 0. The van der Waals surface area contributed by atoms with E-state index in [4.69, 9.17) is 4.55 Å². The van der Waals surface area contributed by atoms with E-state index < -0.39 is 10.1 Å². The van der Waals surface area contributed by atoms with Crippen molar-refractivity contribution in [2.45, 2.75) is 4.90 Å². The zero-order chi connectivity index (χ0) is 12.3. The number of nitrogens with zero attached hydrogens (tertiary/aromatic N) is 1. The van der Waals surface area contributed by atoms with Gasteiger partial charge < -0.3 is 5.32 Å². The highest BCUT2D eigenvalue weighted by molar-refractivity contribution is 7.85. The Kier molecular flexibility index (Phi) is 3.08. The van der Waals surface area contributed by atoms with Crippen molar-refractivity contribution >= 4 is 21.6 Å². The second kappa shape index (κ2) is 4.52. The molecule has 0 aliphatic rings. The number of rotatable bonds is 3. The summed E-state index contributed by atoms with van der Waals surface area (Å²) in [5.41, 5.74) is 0.691. The molecule has 6 heteroatoms. The highest BCUT2D eigenvalue weighted by atomic mass is 32.2. The smallest absolute Gasteiger partial charge is 0.294 e. The van der Waals surface area contributed by atoms with Gasteiger partial charge in [-0.25, -0.2) is 4.98 Å². The molecule has 0 atom stereocenters. The quantitative estimate of drug-likeness (QED) is 0.815. The molecule has 2 N–H and O–H groups in total. The number of hydrogen-bond acceptors (Lipinski definition) is 4. The Hall–Kier alpha value is -1.92. The van der Waals surface area contributed by atoms with Crippen LogP contribution in [-0.4, -0.2) is 18.0 Å². The van der Waals surface area contributed by atoms with Crippen LogP contribution in [0.5, 0.6) is 0 Å². The monoisotopic (exact) mass is 250 g/mol. The van der Waals surface area contributed by atoms with Gasteiger partial charge in [0.25, 0.3) is 10.1 Å². The minimum atomic E-state index is -4.14. The summed E-state index contributed by atoms with van der Waals surface area (Å²) in [6, 6.07) is 11.2. The summed E-state index contributed by atoms with van der Waals surface area (Å²) in [6.45, 7) is 0. The molecule has 0 aliphatic heterocycles. The van der Waals surface area contributed by atoms with E-state index in [0.717, 1.165) is 0 Å². The molecule has 0 spiro atoms. The van der Waals surface area contributed by atoms with E-state index in [1.54, 1.807) is 30.5 Å². The predicted octanol–water partition coefficient (Wildman–Crippen LogP) is 2.07. The molecule has 0 radical (unpaired) electrons. The topological polar surface area (TPSA) is 79.3 Å². The van der Waals surface area contributed by atoms with Crippen LogP contribution in [0.25, 0.3) is 0 Å². The van der Waals surface area contributed by atoms with Gasteiger partial charge in [-0.05, 0) is 36.4 Å². The normalized spacial score (nSPS) is 11.1. The standard InChI is InChI=1S/C11H10N2O3S/c14-17(15,16)10-6-4-9(5-7-10)13-11-3-1-2-8-12-11/h1-8H,(H,12,13)(H,14,15,16). The Morgan fingerprint density at radius 3 is 2.29 bits per heavy atom. The molecular weight excluding hydrogens is 240 g/mol. The van der Waals surface area contributed by atoms with Crippen LogP contribution in [0.4, 0.5) is 11.5 Å². The zero-order valence-corrected chi connectivity index (χ0v) is 9.55. The Morgan fingerprint density at radius 1 is 1.06 bits per heavy atom. The van der Waals surface area contributed by atoms with Crippen LogP contribution < -0.4 is 5.32 Å². The van der Waals surface area contributed by atoms with Gasteiger partial charge in [0.2, 0.25) is 0 Å². The van der Waals surface area contributed by atoms with E-state index in [1.165, 1.54) is 12.1 Å². The first-order valence-corrected chi connectivity index (χ1v) is 6.25. The molecule has 1 aromatic carbocycles. The van der Waals surface area contributed by atoms with Gasteiger partial charge in [-0.15, -0.1) is 0 Å². The minimum Gasteiger partial charge on any atom is -0.340 e. The Bertz CT molecular complexity index is 594. The molecular formula is C11H10N2O3S. The number of nitrogens with one attached hydrogen (secondary N) is 1. The molecule has 0 aliphatic carbocycles. The fourth-order valence-corrected chi connectivity index (χ4v) is 1.77. The Labute approximate surface area is 98.9 Å². The zero-order valence-electron chi connectivity index (χ0n) is 8.74. The molecule has 0 fully saturated rings. The largest absolute Gasteiger partial charge is 0.340 e. The second-order valence-electron chi connectivity index (χ2n) is 3.34. The van der Waals surface area contributed by atoms with Crippen molar-refractivity contribution in [3.8, 4) is 0 Å². The van der Waals surface area contributed by atoms with E-state index in [1.807, 2.05) is 6.07 Å². The average molecular weight is 250 g/mol. The molecule has 0 saturated carbocycles. The minimum absolute atomic E-state index is 0.135. The SMILES string of the molecule is O=S(=O)(O)c1ccc(Nc2ccccn2)cc1. The summed E-state index contributed by atoms with van der Waals surface area (Å²) < 4.78 is 30.5. The summed E-state index contributed by atoms with van der Waals surface area (Å²) in [6.07, 6.45) is 1.65. The van der Waals surface area contributed by atoms with E-state index in [9.17, 15) is 8.42 Å². The molecule has 17 heavy (non-hydrogen) atoms. The van der Waals surface area contributed by atoms with Crippen LogP contribution in [0.3, 0.4) is 0 Å². The third-order valence-electron chi connectivity index (χ3n) is 2.09. The maximum Gasteiger partial charge on any atom is 0.294 e. The average Bonchev–Trinajstić information content (AvgIpc) is 2.30. The summed E-state index contributed by atoms with van der Waals surface area (Å²) in [4.78, 5) is 3.93. The van der Waals surface area contributed by atoms with Gasteiger partial charge in [-0.2, -0.15) is 8.42 Å². The van der Waals surface area contributed by atoms with E-state index in [2.05, 4.69) is 10.3 Å². The second-order valence-corrected chi connectivity index (χ2v) is 4.76. The van der Waals surface area contributed by atoms with Crippen LogP contribution in [-0.2, 0) is 10.1 Å². The van der Waals surface area contributed by atoms with Crippen LogP contribution in [0.1, 0.15) is 0 Å². The number of aromatic nitrogens is 1. The number of benzene rings is 1. The molecule has 1 aromatic heterocycles. The molecule has 1 heterocycles. The molecule has 2 rings (SSSR count). The number of anilines is 2. The van der Waals surface area contributed by atoms with Gasteiger partial charge in [0.15, 0.2) is 0 Å². The van der Waals surface area contributed by atoms with Crippen molar-refractivity contribution in [1.82, 2.24) is 4.98 Å². The predicted molar refractivity (Wildman–Crippen MR) is 63.8 cm³/mol. The lowest BCUT2D eigenvalue weighted by Crippen LogP contribution is -1.98. The fourth-order valence-electron chi connectivity index (χ4n) is 1.29. The highest BCUT2D eigenvalue weighted by Crippen LogP contribution is 2.16. The van der Waals surface area contributed by atoms with Crippen molar-refractivity contribution in [3.63, 3.8) is 0 Å². The maximum atomic E-state index is 10.8. The third-order valence-corrected chi connectivity index (χ3v) is 2.96. The van der Waals surface area contributed by atoms with Crippen molar-refractivity contribution in [2.75, 3.05) is 5.32 Å². The lowest BCUT2D eigenvalue weighted by Gasteiger charge is -2.05. The van der Waals surface area contributed by atoms with Crippen LogP contribution in [0.2, 0.25) is 0 Å². The van der Waals surface area contributed by atoms with Gasteiger partial charge in [-0.3, -0.25) is 4.55 Å². The molecule has 0 bridgehead atoms. The lowest BCUT2D eigenvalue weighted by molar-refractivity contribution is 0.483. The summed E-state index contributed by atoms with van der Waals surface area (Å²) >= 11 is 0. The maximum absolute atomic E-state index is 10.8. The summed E-state index contributed by atoms with van der Waals surface area (Å²) in [5, 5.41) is 2.99. The summed E-state index contributed by atoms with van der Waals surface area (Å²) in [7, 11) is -4.14. The Morgan fingerprint density at radius 2 is 1.76 bits per heavy atom. The molecule has 0 saturated heterocycles. The van der Waals surface area contributed by atoms with Gasteiger partial charge in [0.1, 0.15) is 5.82 Å². The first kappa shape index (κ1) is 11.6. The van der Waals surface area contributed by atoms with Crippen LogP contribution in [0, 0.1) is 0 Å². The number of pyridine rings is 1. The van der Waals surface area contributed by atoms with Crippen molar-refractivity contribution in [3.05, 3.63) is 48.7 Å². The third kappa shape index (κ3) is 3.02. The highest BCUT2D eigenvalue weighted by Gasteiger charge is 2.08. The summed E-state index contributed by atoms with van der Waals surface area (Å²) in [5.74, 6) is 0.659. The molecule has 0 amide bonds. The van der Waals surface area contributed by atoms with E-state index in [-0.39, 0.29) is 4.90 Å². The van der Waals surface area contributed by atoms with E-state index in [0.29, 0.717) is 11.5 Å². The first-order valence-electron chi connectivity index (χ1n) is 4.81. The van der Waals surface area contributed by atoms with E-state index >= 15 is 0 Å². The molecule has 5 nitrogen and oxygen atoms in total. The first-order chi connectivity index (χ1) is 8.05. The molecule has 2 aromatic rings. The Balaban J connectivity index is 2.20. The van der Waals surface area contributed by atoms with Crippen LogP contribution in [0.15, 0.2) is 53.6 Å². The number of hydrogen-bond donors (Lipinski definition) is 2. The van der Waals surface area contributed by atoms with Crippen molar-refractivity contribution in [1.29, 1.82) is 0 Å². The molecule has 88 valence electrons. The van der Waals surface area contributed by atoms with Gasteiger partial charge in [0, 0.05) is 11.9 Å². The molecule has 0 unspecified atom stereocenters.